The first-order valence-electron chi connectivity index (χ1n) is 7.01. The molecule has 1 aliphatic rings. The average Bonchev–Trinajstić information content (AvgIpc) is 2.86. The fraction of sp³-hybridized carbons (Fsp3) is 0.467. The van der Waals surface area contributed by atoms with Crippen molar-refractivity contribution in [2.45, 2.75) is 32.6 Å². The molecule has 6 heteroatoms. The lowest BCUT2D eigenvalue weighted by atomic mass is 9.89. The lowest BCUT2D eigenvalue weighted by molar-refractivity contribution is 0.0696. The molecular weight excluding hydrogens is 272 g/mol. The molecule has 0 bridgehead atoms. The average molecular weight is 292 g/mol. The Morgan fingerprint density at radius 1 is 1.29 bits per heavy atom. The number of phenols is 1. The van der Waals surface area contributed by atoms with Gasteiger partial charge in [-0.2, -0.15) is 0 Å². The zero-order valence-corrected chi connectivity index (χ0v) is 12.0. The lowest BCUT2D eigenvalue weighted by Crippen LogP contribution is -2.36. The molecule has 2 rings (SSSR count). The van der Waals surface area contributed by atoms with Crippen LogP contribution in [0.2, 0.25) is 0 Å². The molecule has 0 heterocycles. The number of carbonyl (C=O) groups is 2. The number of rotatable bonds is 4. The van der Waals surface area contributed by atoms with Crippen LogP contribution < -0.4 is 10.6 Å². The second-order valence-corrected chi connectivity index (χ2v) is 5.86. The fourth-order valence-corrected chi connectivity index (χ4v) is 2.64. The highest BCUT2D eigenvalue weighted by Gasteiger charge is 2.28. The molecule has 6 nitrogen and oxygen atoms in total. The van der Waals surface area contributed by atoms with Gasteiger partial charge in [-0.3, -0.25) is 0 Å². The SMILES string of the molecule is CC1(CNC(=O)Nc2ccc(C(=O)O)cc2O)CCCC1. The second kappa shape index (κ2) is 6.03. The van der Waals surface area contributed by atoms with Crippen LogP contribution in [0.5, 0.6) is 5.75 Å². The maximum atomic E-state index is 11.8. The van der Waals surface area contributed by atoms with Crippen molar-refractivity contribution in [1.82, 2.24) is 5.32 Å². The highest BCUT2D eigenvalue weighted by atomic mass is 16.4. The summed E-state index contributed by atoms with van der Waals surface area (Å²) in [5, 5.41) is 23.8. The van der Waals surface area contributed by atoms with Crippen molar-refractivity contribution in [3.8, 4) is 5.75 Å². The van der Waals surface area contributed by atoms with Crippen LogP contribution in [-0.4, -0.2) is 28.8 Å². The number of hydrogen-bond acceptors (Lipinski definition) is 3. The zero-order valence-electron chi connectivity index (χ0n) is 12.0. The number of nitrogens with one attached hydrogen (secondary N) is 2. The minimum atomic E-state index is -1.13. The van der Waals surface area contributed by atoms with Gasteiger partial charge in [0.05, 0.1) is 11.3 Å². The van der Waals surface area contributed by atoms with Crippen LogP contribution in [0.3, 0.4) is 0 Å². The standard InChI is InChI=1S/C15H20N2O4/c1-15(6-2-3-7-15)9-16-14(21)17-11-5-4-10(13(19)20)8-12(11)18/h4-5,8,18H,2-3,6-7,9H2,1H3,(H,19,20)(H2,16,17,21). The van der Waals surface area contributed by atoms with Gasteiger partial charge in [-0.25, -0.2) is 9.59 Å². The number of carboxylic acids is 1. The van der Waals surface area contributed by atoms with Crippen molar-refractivity contribution in [3.63, 3.8) is 0 Å². The maximum Gasteiger partial charge on any atom is 0.335 e. The summed E-state index contributed by atoms with van der Waals surface area (Å²) in [7, 11) is 0. The maximum absolute atomic E-state index is 11.8. The van der Waals surface area contributed by atoms with Crippen LogP contribution in [0.4, 0.5) is 10.5 Å². The third-order valence-electron chi connectivity index (χ3n) is 3.98. The Balaban J connectivity index is 1.92. The Kier molecular flexibility index (Phi) is 4.35. The monoisotopic (exact) mass is 292 g/mol. The van der Waals surface area contributed by atoms with Crippen molar-refractivity contribution in [3.05, 3.63) is 23.8 Å². The van der Waals surface area contributed by atoms with Crippen molar-refractivity contribution in [2.24, 2.45) is 5.41 Å². The summed E-state index contributed by atoms with van der Waals surface area (Å²) in [5.41, 5.74) is 0.304. The van der Waals surface area contributed by atoms with Crippen LogP contribution in [0.25, 0.3) is 0 Å². The van der Waals surface area contributed by atoms with Crippen LogP contribution >= 0.6 is 0 Å². The van der Waals surface area contributed by atoms with Gasteiger partial charge >= 0.3 is 12.0 Å². The lowest BCUT2D eigenvalue weighted by Gasteiger charge is -2.23. The van der Waals surface area contributed by atoms with Gasteiger partial charge in [-0.15, -0.1) is 0 Å². The Labute approximate surface area is 123 Å². The number of carboxylic acid groups (broad SMARTS) is 1. The second-order valence-electron chi connectivity index (χ2n) is 5.86. The minimum absolute atomic E-state index is 0.0306. The van der Waals surface area contributed by atoms with E-state index < -0.39 is 12.0 Å². The van der Waals surface area contributed by atoms with E-state index >= 15 is 0 Å². The Morgan fingerprint density at radius 2 is 1.95 bits per heavy atom. The number of aromatic hydroxyl groups is 1. The van der Waals surface area contributed by atoms with Crippen LogP contribution in [0.1, 0.15) is 43.0 Å². The van der Waals surface area contributed by atoms with Gasteiger partial charge in [0.15, 0.2) is 0 Å². The van der Waals surface area contributed by atoms with E-state index in [2.05, 4.69) is 17.6 Å². The van der Waals surface area contributed by atoms with Gasteiger partial charge in [0.2, 0.25) is 0 Å². The van der Waals surface area contributed by atoms with E-state index in [0.717, 1.165) is 18.9 Å². The quantitative estimate of drug-likeness (QED) is 0.641. The van der Waals surface area contributed by atoms with Gasteiger partial charge in [0.25, 0.3) is 0 Å². The predicted octanol–water partition coefficient (Wildman–Crippen LogP) is 2.79. The van der Waals surface area contributed by atoms with E-state index in [4.69, 9.17) is 5.11 Å². The van der Waals surface area contributed by atoms with Gasteiger partial charge in [-0.1, -0.05) is 19.8 Å². The summed E-state index contributed by atoms with van der Waals surface area (Å²) in [6, 6.07) is 3.41. The van der Waals surface area contributed by atoms with Crippen LogP contribution in [-0.2, 0) is 0 Å². The fourth-order valence-electron chi connectivity index (χ4n) is 2.64. The summed E-state index contributed by atoms with van der Waals surface area (Å²) < 4.78 is 0. The van der Waals surface area contributed by atoms with E-state index in [1.807, 2.05) is 0 Å². The molecule has 0 unspecified atom stereocenters. The molecule has 1 saturated carbocycles. The van der Waals surface area contributed by atoms with Crippen molar-refractivity contribution < 1.29 is 19.8 Å². The number of aromatic carboxylic acids is 1. The number of urea groups is 1. The Morgan fingerprint density at radius 3 is 2.52 bits per heavy atom. The largest absolute Gasteiger partial charge is 0.506 e. The van der Waals surface area contributed by atoms with Crippen molar-refractivity contribution >= 4 is 17.7 Å². The van der Waals surface area contributed by atoms with E-state index in [9.17, 15) is 14.7 Å². The molecule has 0 aromatic heterocycles. The molecule has 4 N–H and O–H groups in total. The molecule has 1 fully saturated rings. The number of carbonyl (C=O) groups excluding carboxylic acids is 1. The molecule has 1 aromatic rings. The molecule has 0 aliphatic heterocycles. The first kappa shape index (κ1) is 15.2. The molecule has 1 aliphatic carbocycles. The van der Waals surface area contributed by atoms with Crippen molar-refractivity contribution in [1.29, 1.82) is 0 Å². The first-order chi connectivity index (χ1) is 9.89. The number of hydrogen-bond donors (Lipinski definition) is 4. The summed E-state index contributed by atoms with van der Waals surface area (Å²) >= 11 is 0. The van der Waals surface area contributed by atoms with Gasteiger partial charge in [0.1, 0.15) is 5.75 Å². The highest BCUT2D eigenvalue weighted by molar-refractivity contribution is 5.93. The molecule has 0 radical (unpaired) electrons. The van der Waals surface area contributed by atoms with E-state index in [1.165, 1.54) is 25.0 Å². The Hall–Kier alpha value is -2.24. The molecule has 0 atom stereocenters. The van der Waals surface area contributed by atoms with Gasteiger partial charge in [0, 0.05) is 6.54 Å². The summed E-state index contributed by atoms with van der Waals surface area (Å²) in [6.45, 7) is 2.74. The molecular formula is C15H20N2O4. The van der Waals surface area contributed by atoms with E-state index in [0.29, 0.717) is 6.54 Å². The van der Waals surface area contributed by atoms with Gasteiger partial charge < -0.3 is 20.8 Å². The van der Waals surface area contributed by atoms with Crippen molar-refractivity contribution in [2.75, 3.05) is 11.9 Å². The summed E-state index contributed by atoms with van der Waals surface area (Å²) in [6.07, 6.45) is 4.59. The van der Waals surface area contributed by atoms with E-state index in [1.54, 1.807) is 0 Å². The Bertz CT molecular complexity index is 551. The molecule has 2 amide bonds. The molecule has 21 heavy (non-hydrogen) atoms. The highest BCUT2D eigenvalue weighted by Crippen LogP contribution is 2.36. The predicted molar refractivity (Wildman–Crippen MR) is 78.7 cm³/mol. The smallest absolute Gasteiger partial charge is 0.335 e. The molecule has 0 spiro atoms. The molecule has 114 valence electrons. The number of anilines is 1. The van der Waals surface area contributed by atoms with Crippen LogP contribution in [0.15, 0.2) is 18.2 Å². The molecule has 1 aromatic carbocycles. The number of benzene rings is 1. The third kappa shape index (κ3) is 3.87. The normalized spacial score (nSPS) is 16.4. The van der Waals surface area contributed by atoms with E-state index in [-0.39, 0.29) is 22.4 Å². The molecule has 0 saturated heterocycles. The van der Waals surface area contributed by atoms with Gasteiger partial charge in [-0.05, 0) is 36.5 Å². The first-order valence-corrected chi connectivity index (χ1v) is 7.01. The number of amides is 2. The zero-order chi connectivity index (χ0) is 15.5. The van der Waals surface area contributed by atoms with Crippen LogP contribution in [0, 0.1) is 5.41 Å². The number of phenolic OH excluding ortho intramolecular Hbond substituents is 1. The summed E-state index contributed by atoms with van der Waals surface area (Å²) in [5.74, 6) is -1.40. The summed E-state index contributed by atoms with van der Waals surface area (Å²) in [4.78, 5) is 22.6. The third-order valence-corrected chi connectivity index (χ3v) is 3.98. The minimum Gasteiger partial charge on any atom is -0.506 e. The topological polar surface area (TPSA) is 98.7 Å².